The van der Waals surface area contributed by atoms with Crippen molar-refractivity contribution in [3.63, 3.8) is 0 Å². The molecule has 1 N–H and O–H groups in total. The number of hydrogen-bond donors (Lipinski definition) is 1. The van der Waals surface area contributed by atoms with E-state index in [1.54, 1.807) is 11.3 Å². The normalized spacial score (nSPS) is 12.8. The van der Waals surface area contributed by atoms with E-state index in [0.29, 0.717) is 6.04 Å². The highest BCUT2D eigenvalue weighted by Gasteiger charge is 2.18. The van der Waals surface area contributed by atoms with E-state index in [9.17, 15) is 0 Å². The molecule has 1 atom stereocenters. The number of thiazole rings is 1. The van der Waals surface area contributed by atoms with Gasteiger partial charge in [0.15, 0.2) is 0 Å². The van der Waals surface area contributed by atoms with Crippen LogP contribution in [0.3, 0.4) is 0 Å². The third-order valence-electron chi connectivity index (χ3n) is 3.08. The van der Waals surface area contributed by atoms with E-state index in [2.05, 4.69) is 42.2 Å². The zero-order valence-electron chi connectivity index (χ0n) is 12.1. The highest BCUT2D eigenvalue weighted by Crippen LogP contribution is 2.27. The third-order valence-corrected chi connectivity index (χ3v) is 4.27. The summed E-state index contributed by atoms with van der Waals surface area (Å²) in [6.07, 6.45) is 4.05. The van der Waals surface area contributed by atoms with Crippen LogP contribution in [-0.4, -0.2) is 21.3 Å². The maximum Gasteiger partial charge on any atom is 0.0900 e. The van der Waals surface area contributed by atoms with Gasteiger partial charge in [-0.05, 0) is 32.9 Å². The first-order valence-electron chi connectivity index (χ1n) is 6.76. The predicted molar refractivity (Wildman–Crippen MR) is 79.5 cm³/mol. The molecule has 0 aliphatic heterocycles. The Kier molecular flexibility index (Phi) is 4.71. The van der Waals surface area contributed by atoms with Gasteiger partial charge in [0, 0.05) is 30.6 Å². The summed E-state index contributed by atoms with van der Waals surface area (Å²) >= 11 is 1.79. The molecule has 5 heteroatoms. The number of nitrogens with zero attached hydrogens (tertiary/aromatic N) is 3. The van der Waals surface area contributed by atoms with Crippen molar-refractivity contribution < 1.29 is 0 Å². The van der Waals surface area contributed by atoms with E-state index in [0.717, 1.165) is 35.8 Å². The van der Waals surface area contributed by atoms with E-state index in [-0.39, 0.29) is 0 Å². The van der Waals surface area contributed by atoms with Crippen molar-refractivity contribution in [2.75, 3.05) is 6.54 Å². The van der Waals surface area contributed by atoms with Crippen LogP contribution in [0.25, 0.3) is 0 Å². The molecule has 2 heterocycles. The maximum absolute atomic E-state index is 4.54. The van der Waals surface area contributed by atoms with Crippen LogP contribution < -0.4 is 5.32 Å². The van der Waals surface area contributed by atoms with Crippen molar-refractivity contribution in [2.24, 2.45) is 7.05 Å². The van der Waals surface area contributed by atoms with E-state index in [1.165, 1.54) is 4.88 Å². The molecule has 0 aliphatic rings. The standard InChI is InChI=1S/C14H22N4S/c1-5-7-15-13(9-12-6-8-18(4)17-12)14-10(2)16-11(3)19-14/h6,8,13,15H,5,7,9H2,1-4H3. The van der Waals surface area contributed by atoms with Gasteiger partial charge in [-0.1, -0.05) is 6.92 Å². The first kappa shape index (κ1) is 14.2. The second-order valence-corrected chi connectivity index (χ2v) is 6.11. The Bertz CT molecular complexity index is 529. The molecule has 2 rings (SSSR count). The third kappa shape index (κ3) is 3.64. The lowest BCUT2D eigenvalue weighted by Gasteiger charge is -2.16. The number of nitrogens with one attached hydrogen (secondary N) is 1. The molecule has 0 amide bonds. The molecule has 0 saturated heterocycles. The van der Waals surface area contributed by atoms with Crippen LogP contribution in [0.15, 0.2) is 12.3 Å². The van der Waals surface area contributed by atoms with Crippen molar-refractivity contribution in [2.45, 2.75) is 39.7 Å². The molecule has 0 saturated carbocycles. The Morgan fingerprint density at radius 3 is 2.74 bits per heavy atom. The van der Waals surface area contributed by atoms with Crippen LogP contribution in [0, 0.1) is 13.8 Å². The van der Waals surface area contributed by atoms with E-state index < -0.39 is 0 Å². The summed E-state index contributed by atoms with van der Waals surface area (Å²) in [6.45, 7) is 7.38. The molecule has 1 unspecified atom stereocenters. The Hall–Kier alpha value is -1.20. The molecule has 2 aromatic rings. The number of aryl methyl sites for hydroxylation is 3. The fourth-order valence-electron chi connectivity index (χ4n) is 2.23. The summed E-state index contributed by atoms with van der Waals surface area (Å²) in [5.74, 6) is 0. The lowest BCUT2D eigenvalue weighted by molar-refractivity contribution is 0.525. The van der Waals surface area contributed by atoms with Crippen molar-refractivity contribution >= 4 is 11.3 Å². The molecular weight excluding hydrogens is 256 g/mol. The van der Waals surface area contributed by atoms with Crippen LogP contribution in [-0.2, 0) is 13.5 Å². The second-order valence-electron chi connectivity index (χ2n) is 4.87. The summed E-state index contributed by atoms with van der Waals surface area (Å²) in [5, 5.41) is 9.24. The molecule has 19 heavy (non-hydrogen) atoms. The smallest absolute Gasteiger partial charge is 0.0900 e. The molecule has 0 radical (unpaired) electrons. The molecule has 0 aliphatic carbocycles. The summed E-state index contributed by atoms with van der Waals surface area (Å²) in [7, 11) is 1.96. The van der Waals surface area contributed by atoms with Crippen LogP contribution in [0.2, 0.25) is 0 Å². The van der Waals surface area contributed by atoms with Crippen LogP contribution in [0.1, 0.15) is 40.7 Å². The predicted octanol–water partition coefficient (Wildman–Crippen LogP) is 2.78. The van der Waals surface area contributed by atoms with Crippen LogP contribution in [0.4, 0.5) is 0 Å². The van der Waals surface area contributed by atoms with E-state index >= 15 is 0 Å². The van der Waals surface area contributed by atoms with Crippen LogP contribution in [0.5, 0.6) is 0 Å². The Labute approximate surface area is 118 Å². The monoisotopic (exact) mass is 278 g/mol. The van der Waals surface area contributed by atoms with Gasteiger partial charge < -0.3 is 5.32 Å². The quantitative estimate of drug-likeness (QED) is 0.883. The van der Waals surface area contributed by atoms with Gasteiger partial charge in [0.25, 0.3) is 0 Å². The minimum absolute atomic E-state index is 0.320. The average Bonchev–Trinajstić information content (AvgIpc) is 2.91. The first-order chi connectivity index (χ1) is 9.10. The number of rotatable bonds is 6. The van der Waals surface area contributed by atoms with E-state index in [1.807, 2.05) is 17.9 Å². The van der Waals surface area contributed by atoms with Crippen molar-refractivity contribution in [3.8, 4) is 0 Å². The number of hydrogen-bond acceptors (Lipinski definition) is 4. The van der Waals surface area contributed by atoms with Crippen LogP contribution >= 0.6 is 11.3 Å². The SMILES string of the molecule is CCCNC(Cc1ccn(C)n1)c1sc(C)nc1C. The fraction of sp³-hybridized carbons (Fsp3) is 0.571. The first-order valence-corrected chi connectivity index (χ1v) is 7.57. The highest BCUT2D eigenvalue weighted by atomic mass is 32.1. The Morgan fingerprint density at radius 2 is 2.21 bits per heavy atom. The minimum Gasteiger partial charge on any atom is -0.309 e. The van der Waals surface area contributed by atoms with Gasteiger partial charge in [0.05, 0.1) is 16.4 Å². The summed E-state index contributed by atoms with van der Waals surface area (Å²) in [6, 6.07) is 2.41. The Morgan fingerprint density at radius 1 is 1.42 bits per heavy atom. The van der Waals surface area contributed by atoms with Gasteiger partial charge in [-0.2, -0.15) is 5.10 Å². The minimum atomic E-state index is 0.320. The van der Waals surface area contributed by atoms with E-state index in [4.69, 9.17) is 0 Å². The summed E-state index contributed by atoms with van der Waals surface area (Å²) in [5.41, 5.74) is 2.27. The zero-order valence-corrected chi connectivity index (χ0v) is 12.9. The van der Waals surface area contributed by atoms with Crippen molar-refractivity contribution in [1.29, 1.82) is 0 Å². The zero-order chi connectivity index (χ0) is 13.8. The fourth-order valence-corrected chi connectivity index (χ4v) is 3.23. The lowest BCUT2D eigenvalue weighted by atomic mass is 10.1. The summed E-state index contributed by atoms with van der Waals surface area (Å²) < 4.78 is 1.86. The molecule has 4 nitrogen and oxygen atoms in total. The second kappa shape index (κ2) is 6.30. The molecule has 104 valence electrons. The topological polar surface area (TPSA) is 42.7 Å². The molecule has 0 fully saturated rings. The van der Waals surface area contributed by atoms with Gasteiger partial charge in [-0.15, -0.1) is 11.3 Å². The molecular formula is C14H22N4S. The average molecular weight is 278 g/mol. The Balaban J connectivity index is 2.18. The van der Waals surface area contributed by atoms with Crippen molar-refractivity contribution in [3.05, 3.63) is 33.5 Å². The van der Waals surface area contributed by atoms with Crippen molar-refractivity contribution in [1.82, 2.24) is 20.1 Å². The number of aromatic nitrogens is 3. The molecule has 2 aromatic heterocycles. The van der Waals surface area contributed by atoms with Gasteiger partial charge in [-0.25, -0.2) is 4.98 Å². The molecule has 0 spiro atoms. The maximum atomic E-state index is 4.54. The highest BCUT2D eigenvalue weighted by molar-refractivity contribution is 7.11. The van der Waals surface area contributed by atoms with Gasteiger partial charge in [0.1, 0.15) is 0 Å². The van der Waals surface area contributed by atoms with Gasteiger partial charge in [-0.3, -0.25) is 4.68 Å². The summed E-state index contributed by atoms with van der Waals surface area (Å²) in [4.78, 5) is 5.88. The largest absolute Gasteiger partial charge is 0.309 e. The lowest BCUT2D eigenvalue weighted by Crippen LogP contribution is -2.24. The van der Waals surface area contributed by atoms with Gasteiger partial charge in [0.2, 0.25) is 0 Å². The molecule has 0 bridgehead atoms. The van der Waals surface area contributed by atoms with Gasteiger partial charge >= 0.3 is 0 Å². The molecule has 0 aromatic carbocycles.